The number of methoxy groups -OCH3 is 1. The second-order valence-corrected chi connectivity index (χ2v) is 4.11. The normalized spacial score (nSPS) is 12.2. The van der Waals surface area contributed by atoms with Crippen LogP contribution in [0.3, 0.4) is 0 Å². The van der Waals surface area contributed by atoms with Crippen molar-refractivity contribution < 1.29 is 17.9 Å². The molecule has 0 spiro atoms. The smallest absolute Gasteiger partial charge is 0.194 e. The van der Waals surface area contributed by atoms with E-state index < -0.39 is 23.5 Å². The third kappa shape index (κ3) is 2.60. The van der Waals surface area contributed by atoms with E-state index in [0.717, 1.165) is 12.1 Å². The average molecular weight is 282 g/mol. The lowest BCUT2D eigenvalue weighted by molar-refractivity contribution is 0.400. The molecule has 1 aromatic heterocycles. The Labute approximate surface area is 114 Å². The van der Waals surface area contributed by atoms with Gasteiger partial charge in [0.1, 0.15) is 11.4 Å². The van der Waals surface area contributed by atoms with Crippen LogP contribution in [0, 0.1) is 17.5 Å². The first-order valence-electron chi connectivity index (χ1n) is 5.89. The summed E-state index contributed by atoms with van der Waals surface area (Å²) in [6.45, 7) is 0. The highest BCUT2D eigenvalue weighted by atomic mass is 19.2. The van der Waals surface area contributed by atoms with E-state index in [0.29, 0.717) is 11.4 Å². The highest BCUT2D eigenvalue weighted by Gasteiger charge is 2.21. The molecule has 1 heterocycles. The zero-order valence-electron chi connectivity index (χ0n) is 11.0. The van der Waals surface area contributed by atoms with Crippen LogP contribution in [0.15, 0.2) is 30.5 Å². The quantitative estimate of drug-likeness (QED) is 0.876. The molecule has 0 aliphatic heterocycles. The van der Waals surface area contributed by atoms with Crippen molar-refractivity contribution in [2.45, 2.75) is 6.04 Å². The molecule has 6 heteroatoms. The molecule has 0 aliphatic rings. The predicted molar refractivity (Wildman–Crippen MR) is 68.0 cm³/mol. The maximum Gasteiger partial charge on any atom is 0.194 e. The van der Waals surface area contributed by atoms with Gasteiger partial charge in [-0.3, -0.25) is 4.98 Å². The second kappa shape index (κ2) is 5.92. The van der Waals surface area contributed by atoms with E-state index in [1.807, 2.05) is 0 Å². The third-order valence-corrected chi connectivity index (χ3v) is 2.92. The molecule has 20 heavy (non-hydrogen) atoms. The number of aromatic nitrogens is 1. The van der Waals surface area contributed by atoms with Gasteiger partial charge in [-0.2, -0.15) is 0 Å². The van der Waals surface area contributed by atoms with Crippen molar-refractivity contribution in [1.82, 2.24) is 10.3 Å². The second-order valence-electron chi connectivity index (χ2n) is 4.11. The Morgan fingerprint density at radius 1 is 1.20 bits per heavy atom. The largest absolute Gasteiger partial charge is 0.495 e. The Kier molecular flexibility index (Phi) is 4.24. The zero-order chi connectivity index (χ0) is 14.7. The standard InChI is InChI=1S/C14H13F3N2O/c1-18-13(14-11(20-2)4-3-5-19-14)8-6-9(15)12(17)10(16)7-8/h3-7,13,18H,1-2H3. The van der Waals surface area contributed by atoms with Gasteiger partial charge in [-0.1, -0.05) is 0 Å². The number of halogens is 3. The molecular weight excluding hydrogens is 269 g/mol. The summed E-state index contributed by atoms with van der Waals surface area (Å²) in [6, 6.07) is 4.63. The molecule has 0 saturated carbocycles. The maximum absolute atomic E-state index is 13.3. The Bertz CT molecular complexity index is 596. The van der Waals surface area contributed by atoms with Crippen molar-refractivity contribution in [3.63, 3.8) is 0 Å². The van der Waals surface area contributed by atoms with Crippen LogP contribution in [0.4, 0.5) is 13.2 Å². The monoisotopic (exact) mass is 282 g/mol. The first-order chi connectivity index (χ1) is 9.58. The number of pyridine rings is 1. The van der Waals surface area contributed by atoms with Crippen molar-refractivity contribution in [2.24, 2.45) is 0 Å². The van der Waals surface area contributed by atoms with Crippen LogP contribution in [0.25, 0.3) is 0 Å². The zero-order valence-corrected chi connectivity index (χ0v) is 11.0. The van der Waals surface area contributed by atoms with E-state index in [4.69, 9.17) is 4.74 Å². The van der Waals surface area contributed by atoms with E-state index in [-0.39, 0.29) is 5.56 Å². The molecule has 106 valence electrons. The fourth-order valence-corrected chi connectivity index (χ4v) is 2.00. The molecule has 0 radical (unpaired) electrons. The Hall–Kier alpha value is -2.08. The van der Waals surface area contributed by atoms with Crippen molar-refractivity contribution in [2.75, 3.05) is 14.2 Å². The summed E-state index contributed by atoms with van der Waals surface area (Å²) in [7, 11) is 3.08. The Balaban J connectivity index is 2.52. The van der Waals surface area contributed by atoms with Crippen molar-refractivity contribution in [3.8, 4) is 5.75 Å². The van der Waals surface area contributed by atoms with Crippen molar-refractivity contribution in [1.29, 1.82) is 0 Å². The Morgan fingerprint density at radius 3 is 2.40 bits per heavy atom. The van der Waals surface area contributed by atoms with Crippen LogP contribution in [-0.4, -0.2) is 19.1 Å². The van der Waals surface area contributed by atoms with Gasteiger partial charge in [0.2, 0.25) is 0 Å². The first kappa shape index (κ1) is 14.3. The molecule has 1 atom stereocenters. The van der Waals surface area contributed by atoms with Crippen LogP contribution in [0.5, 0.6) is 5.75 Å². The minimum Gasteiger partial charge on any atom is -0.495 e. The number of hydrogen-bond acceptors (Lipinski definition) is 3. The van der Waals surface area contributed by atoms with E-state index in [1.54, 1.807) is 25.4 Å². The summed E-state index contributed by atoms with van der Waals surface area (Å²) in [4.78, 5) is 4.15. The molecule has 0 bridgehead atoms. The SMILES string of the molecule is CNC(c1cc(F)c(F)c(F)c1)c1ncccc1OC. The minimum absolute atomic E-state index is 0.223. The van der Waals surface area contributed by atoms with Gasteiger partial charge in [0.25, 0.3) is 0 Å². The summed E-state index contributed by atoms with van der Waals surface area (Å²) >= 11 is 0. The highest BCUT2D eigenvalue weighted by Crippen LogP contribution is 2.29. The summed E-state index contributed by atoms with van der Waals surface area (Å²) in [5.74, 6) is -3.50. The number of benzene rings is 1. The number of rotatable bonds is 4. The van der Waals surface area contributed by atoms with Gasteiger partial charge in [-0.15, -0.1) is 0 Å². The molecule has 2 aromatic rings. The van der Waals surface area contributed by atoms with Gasteiger partial charge in [-0.25, -0.2) is 13.2 Å². The Morgan fingerprint density at radius 2 is 1.85 bits per heavy atom. The fraction of sp³-hybridized carbons (Fsp3) is 0.214. The summed E-state index contributed by atoms with van der Waals surface area (Å²) in [5, 5.41) is 2.88. The minimum atomic E-state index is -1.49. The van der Waals surface area contributed by atoms with Gasteiger partial charge >= 0.3 is 0 Å². The molecule has 0 amide bonds. The van der Waals surface area contributed by atoms with E-state index in [1.165, 1.54) is 7.11 Å². The average Bonchev–Trinajstić information content (AvgIpc) is 2.46. The van der Waals surface area contributed by atoms with Crippen LogP contribution >= 0.6 is 0 Å². The topological polar surface area (TPSA) is 34.2 Å². The molecule has 3 nitrogen and oxygen atoms in total. The molecule has 0 fully saturated rings. The van der Waals surface area contributed by atoms with Gasteiger partial charge in [-0.05, 0) is 36.9 Å². The van der Waals surface area contributed by atoms with Crippen molar-refractivity contribution in [3.05, 3.63) is 59.2 Å². The van der Waals surface area contributed by atoms with Crippen LogP contribution < -0.4 is 10.1 Å². The maximum atomic E-state index is 13.3. The molecule has 0 saturated heterocycles. The van der Waals surface area contributed by atoms with Crippen LogP contribution in [-0.2, 0) is 0 Å². The van der Waals surface area contributed by atoms with E-state index in [9.17, 15) is 13.2 Å². The molecule has 1 N–H and O–H groups in total. The van der Waals surface area contributed by atoms with E-state index in [2.05, 4.69) is 10.3 Å². The third-order valence-electron chi connectivity index (χ3n) is 2.92. The lowest BCUT2D eigenvalue weighted by Crippen LogP contribution is -2.20. The lowest BCUT2D eigenvalue weighted by Gasteiger charge is -2.18. The van der Waals surface area contributed by atoms with Crippen LogP contribution in [0.2, 0.25) is 0 Å². The molecule has 1 aromatic carbocycles. The van der Waals surface area contributed by atoms with E-state index >= 15 is 0 Å². The fourth-order valence-electron chi connectivity index (χ4n) is 2.00. The van der Waals surface area contributed by atoms with Gasteiger partial charge in [0.15, 0.2) is 17.5 Å². The van der Waals surface area contributed by atoms with Gasteiger partial charge in [0.05, 0.1) is 13.2 Å². The van der Waals surface area contributed by atoms with Gasteiger partial charge < -0.3 is 10.1 Å². The van der Waals surface area contributed by atoms with Gasteiger partial charge in [0, 0.05) is 6.20 Å². The summed E-state index contributed by atoms with van der Waals surface area (Å²) < 4.78 is 44.9. The molecule has 0 aliphatic carbocycles. The first-order valence-corrected chi connectivity index (χ1v) is 5.89. The highest BCUT2D eigenvalue weighted by molar-refractivity contribution is 5.37. The number of nitrogens with zero attached hydrogens (tertiary/aromatic N) is 1. The summed E-state index contributed by atoms with van der Waals surface area (Å²) in [5.41, 5.74) is 0.684. The van der Waals surface area contributed by atoms with Crippen LogP contribution in [0.1, 0.15) is 17.3 Å². The molecule has 1 unspecified atom stereocenters. The predicted octanol–water partition coefficient (Wildman–Crippen LogP) is 2.82. The lowest BCUT2D eigenvalue weighted by atomic mass is 10.0. The number of nitrogens with one attached hydrogen (secondary N) is 1. The molecule has 2 rings (SSSR count). The number of hydrogen-bond donors (Lipinski definition) is 1. The number of ether oxygens (including phenoxy) is 1. The molecular formula is C14H13F3N2O. The van der Waals surface area contributed by atoms with Crippen molar-refractivity contribution >= 4 is 0 Å². The summed E-state index contributed by atoms with van der Waals surface area (Å²) in [6.07, 6.45) is 1.54.